The van der Waals surface area contributed by atoms with E-state index < -0.39 is 0 Å². The number of amides is 2. The second-order valence-electron chi connectivity index (χ2n) is 8.56. The molecule has 0 radical (unpaired) electrons. The van der Waals surface area contributed by atoms with E-state index in [0.717, 1.165) is 16.9 Å². The Morgan fingerprint density at radius 1 is 1.12 bits per heavy atom. The number of carbonyl (C=O) groups is 2. The molecule has 2 amide bonds. The number of nitrogens with one attached hydrogen (secondary N) is 1. The van der Waals surface area contributed by atoms with Crippen LogP contribution in [0.5, 0.6) is 11.5 Å². The van der Waals surface area contributed by atoms with Crippen LogP contribution in [0.4, 0.5) is 5.69 Å². The lowest BCUT2D eigenvalue weighted by Crippen LogP contribution is -2.30. The van der Waals surface area contributed by atoms with Crippen molar-refractivity contribution in [2.24, 2.45) is 11.8 Å². The number of anilines is 1. The Morgan fingerprint density at radius 2 is 1.88 bits per heavy atom. The molecular weight excluding hydrogens is 448 g/mol. The second-order valence-corrected chi connectivity index (χ2v) is 9.59. The summed E-state index contributed by atoms with van der Waals surface area (Å²) in [5.74, 6) is 1.88. The van der Waals surface area contributed by atoms with E-state index in [1.54, 1.807) is 47.6 Å². The zero-order chi connectivity index (χ0) is 24.1. The number of ether oxygens (including phenoxy) is 2. The summed E-state index contributed by atoms with van der Waals surface area (Å²) in [5, 5.41) is 4.95. The Labute approximate surface area is 204 Å². The van der Waals surface area contributed by atoms with Crippen LogP contribution in [0, 0.1) is 11.8 Å². The van der Waals surface area contributed by atoms with Crippen molar-refractivity contribution in [1.82, 2.24) is 4.90 Å². The summed E-state index contributed by atoms with van der Waals surface area (Å²) in [5.41, 5.74) is 2.26. The molecule has 1 fully saturated rings. The topological polar surface area (TPSA) is 67.9 Å². The summed E-state index contributed by atoms with van der Waals surface area (Å²) in [6.07, 6.45) is 0.945. The summed E-state index contributed by atoms with van der Waals surface area (Å²) in [4.78, 5) is 28.2. The molecule has 3 aromatic rings. The molecule has 1 saturated carbocycles. The van der Waals surface area contributed by atoms with Gasteiger partial charge in [0.15, 0.2) is 11.5 Å². The van der Waals surface area contributed by atoms with E-state index >= 15 is 0 Å². The maximum atomic E-state index is 13.1. The fraction of sp³-hybridized carbons (Fsp3) is 0.333. The molecule has 178 valence electrons. The number of nitrogens with zero attached hydrogens (tertiary/aromatic N) is 1. The molecule has 2 atom stereocenters. The van der Waals surface area contributed by atoms with Crippen LogP contribution in [0.15, 0.2) is 60.0 Å². The highest BCUT2D eigenvalue weighted by Gasteiger charge is 2.39. The Balaban J connectivity index is 1.38. The van der Waals surface area contributed by atoms with Gasteiger partial charge >= 0.3 is 0 Å². The highest BCUT2D eigenvalue weighted by molar-refractivity contribution is 7.09. The lowest BCUT2D eigenvalue weighted by molar-refractivity contribution is -0.117. The number of thiophene rings is 1. The molecule has 6 nitrogen and oxygen atoms in total. The molecule has 2 aromatic carbocycles. The fourth-order valence-corrected chi connectivity index (χ4v) is 4.44. The molecule has 34 heavy (non-hydrogen) atoms. The summed E-state index contributed by atoms with van der Waals surface area (Å²) in [7, 11) is 1.62. The minimum atomic E-state index is -0.0619. The quantitative estimate of drug-likeness (QED) is 0.412. The third-order valence-corrected chi connectivity index (χ3v) is 6.92. The summed E-state index contributed by atoms with van der Waals surface area (Å²) in [6, 6.07) is 16.9. The molecule has 1 aliphatic rings. The van der Waals surface area contributed by atoms with Gasteiger partial charge in [0.1, 0.15) is 6.61 Å². The first-order valence-corrected chi connectivity index (χ1v) is 12.4. The number of hydrogen-bond donors (Lipinski definition) is 1. The van der Waals surface area contributed by atoms with Crippen LogP contribution in [0.2, 0.25) is 0 Å². The highest BCUT2D eigenvalue weighted by Crippen LogP contribution is 2.38. The Morgan fingerprint density at radius 3 is 2.50 bits per heavy atom. The van der Waals surface area contributed by atoms with Gasteiger partial charge in [0.05, 0.1) is 7.11 Å². The lowest BCUT2D eigenvalue weighted by Gasteiger charge is -2.22. The van der Waals surface area contributed by atoms with Gasteiger partial charge in [-0.25, -0.2) is 0 Å². The van der Waals surface area contributed by atoms with Crippen LogP contribution >= 0.6 is 11.3 Å². The Bertz CT molecular complexity index is 1130. The van der Waals surface area contributed by atoms with Gasteiger partial charge in [-0.05, 0) is 72.7 Å². The number of hydrogen-bond acceptors (Lipinski definition) is 5. The van der Waals surface area contributed by atoms with Crippen LogP contribution in [-0.2, 0) is 17.9 Å². The number of rotatable bonds is 10. The van der Waals surface area contributed by atoms with Gasteiger partial charge in [-0.15, -0.1) is 11.3 Å². The summed E-state index contributed by atoms with van der Waals surface area (Å²) >= 11 is 1.65. The SMILES string of the molecule is CCN(Cc1ccc(OCc2cccs2)c(OC)c1)C(=O)c1ccc(NC(=O)C2CC2C)cc1. The predicted octanol–water partition coefficient (Wildman–Crippen LogP) is 5.59. The predicted molar refractivity (Wildman–Crippen MR) is 134 cm³/mol. The monoisotopic (exact) mass is 478 g/mol. The van der Waals surface area contributed by atoms with Gasteiger partial charge in [-0.2, -0.15) is 0 Å². The summed E-state index contributed by atoms with van der Waals surface area (Å²) in [6.45, 7) is 5.54. The standard InChI is InChI=1S/C27H30N2O4S/c1-4-29(27(31)20-8-10-21(11-9-20)28-26(30)23-14-18(23)2)16-19-7-12-24(25(15-19)32-3)33-17-22-6-5-13-34-22/h5-13,15,18,23H,4,14,16-17H2,1-3H3,(H,28,30). The third kappa shape index (κ3) is 5.78. The Kier molecular flexibility index (Phi) is 7.53. The largest absolute Gasteiger partial charge is 0.493 e. The Hall–Kier alpha value is -3.32. The van der Waals surface area contributed by atoms with Gasteiger partial charge in [0.25, 0.3) is 5.91 Å². The molecule has 0 saturated heterocycles. The molecule has 0 bridgehead atoms. The van der Waals surface area contributed by atoms with Gasteiger partial charge in [0.2, 0.25) is 5.91 Å². The van der Waals surface area contributed by atoms with Crippen LogP contribution in [-0.4, -0.2) is 30.4 Å². The van der Waals surface area contributed by atoms with E-state index in [2.05, 4.69) is 12.2 Å². The van der Waals surface area contributed by atoms with Crippen molar-refractivity contribution < 1.29 is 19.1 Å². The van der Waals surface area contributed by atoms with E-state index in [4.69, 9.17) is 9.47 Å². The van der Waals surface area contributed by atoms with E-state index in [1.165, 1.54) is 0 Å². The molecule has 1 aliphatic carbocycles. The first kappa shape index (κ1) is 23.8. The van der Waals surface area contributed by atoms with Crippen molar-refractivity contribution >= 4 is 28.8 Å². The van der Waals surface area contributed by atoms with Gasteiger partial charge in [0, 0.05) is 35.1 Å². The van der Waals surface area contributed by atoms with Gasteiger partial charge < -0.3 is 19.7 Å². The first-order valence-electron chi connectivity index (χ1n) is 11.5. The molecule has 1 aromatic heterocycles. The maximum absolute atomic E-state index is 13.1. The molecule has 2 unspecified atom stereocenters. The van der Waals surface area contributed by atoms with Crippen LogP contribution < -0.4 is 14.8 Å². The van der Waals surface area contributed by atoms with Crippen molar-refractivity contribution in [3.8, 4) is 11.5 Å². The highest BCUT2D eigenvalue weighted by atomic mass is 32.1. The molecule has 4 rings (SSSR count). The molecule has 1 heterocycles. The minimum Gasteiger partial charge on any atom is -0.493 e. The molecule has 0 spiro atoms. The third-order valence-electron chi connectivity index (χ3n) is 6.07. The van der Waals surface area contributed by atoms with Crippen LogP contribution in [0.1, 0.15) is 41.1 Å². The van der Waals surface area contributed by atoms with Crippen molar-refractivity contribution in [2.45, 2.75) is 33.4 Å². The maximum Gasteiger partial charge on any atom is 0.254 e. The van der Waals surface area contributed by atoms with E-state index in [0.29, 0.717) is 48.4 Å². The van der Waals surface area contributed by atoms with Gasteiger partial charge in [-0.3, -0.25) is 9.59 Å². The number of carbonyl (C=O) groups excluding carboxylic acids is 2. The number of methoxy groups -OCH3 is 1. The average Bonchev–Trinajstić information content (AvgIpc) is 3.36. The lowest BCUT2D eigenvalue weighted by atomic mass is 10.1. The normalized spacial score (nSPS) is 16.6. The fourth-order valence-electron chi connectivity index (χ4n) is 3.82. The number of benzene rings is 2. The smallest absolute Gasteiger partial charge is 0.254 e. The van der Waals surface area contributed by atoms with Crippen LogP contribution in [0.25, 0.3) is 0 Å². The molecule has 0 aliphatic heterocycles. The minimum absolute atomic E-state index is 0.0542. The zero-order valence-corrected chi connectivity index (χ0v) is 20.6. The zero-order valence-electron chi connectivity index (χ0n) is 19.7. The average molecular weight is 479 g/mol. The van der Waals surface area contributed by atoms with Crippen molar-refractivity contribution in [2.75, 3.05) is 19.0 Å². The molecule has 1 N–H and O–H groups in total. The first-order chi connectivity index (χ1) is 16.5. The molecular formula is C27H30N2O4S. The van der Waals surface area contributed by atoms with E-state index in [-0.39, 0.29) is 17.7 Å². The van der Waals surface area contributed by atoms with Crippen molar-refractivity contribution in [3.05, 3.63) is 76.0 Å². The van der Waals surface area contributed by atoms with E-state index in [9.17, 15) is 9.59 Å². The van der Waals surface area contributed by atoms with Gasteiger partial charge in [-0.1, -0.05) is 19.1 Å². The van der Waals surface area contributed by atoms with Crippen molar-refractivity contribution in [1.29, 1.82) is 0 Å². The molecule has 7 heteroatoms. The van der Waals surface area contributed by atoms with E-state index in [1.807, 2.05) is 42.6 Å². The summed E-state index contributed by atoms with van der Waals surface area (Å²) < 4.78 is 11.4. The van der Waals surface area contributed by atoms with Crippen molar-refractivity contribution in [3.63, 3.8) is 0 Å². The second kappa shape index (κ2) is 10.7. The van der Waals surface area contributed by atoms with Crippen LogP contribution in [0.3, 0.4) is 0 Å².